The second kappa shape index (κ2) is 8.33. The summed E-state index contributed by atoms with van der Waals surface area (Å²) in [6, 6.07) is 7.13. The van der Waals surface area contributed by atoms with Crippen LogP contribution in [0.3, 0.4) is 0 Å². The van der Waals surface area contributed by atoms with Crippen molar-refractivity contribution in [3.05, 3.63) is 40.6 Å². The van der Waals surface area contributed by atoms with E-state index in [-0.39, 0.29) is 5.91 Å². The summed E-state index contributed by atoms with van der Waals surface area (Å²) in [5, 5.41) is 3.15. The lowest BCUT2D eigenvalue weighted by Gasteiger charge is -2.13. The molecule has 0 fully saturated rings. The van der Waals surface area contributed by atoms with Crippen LogP contribution < -0.4 is 21.9 Å². The van der Waals surface area contributed by atoms with Gasteiger partial charge in [-0.15, -0.1) is 0 Å². The van der Waals surface area contributed by atoms with Crippen LogP contribution in [-0.4, -0.2) is 22.4 Å². The summed E-state index contributed by atoms with van der Waals surface area (Å²) in [5.41, 5.74) is 12.2. The first-order chi connectivity index (χ1) is 11.1. The number of nitrogen functional groups attached to an aromatic ring is 1. The number of hydrazine groups is 1. The first-order valence-corrected chi connectivity index (χ1v) is 8.08. The van der Waals surface area contributed by atoms with Gasteiger partial charge in [-0.3, -0.25) is 15.6 Å². The number of unbranched alkanes of at least 4 members (excludes halogenated alkanes) is 1. The Bertz CT molecular complexity index is 679. The zero-order valence-electron chi connectivity index (χ0n) is 12.8. The number of carbonyl (C=O) groups is 1. The molecule has 0 saturated carbocycles. The molecule has 122 valence electrons. The van der Waals surface area contributed by atoms with Gasteiger partial charge in [0, 0.05) is 11.0 Å². The fourth-order valence-corrected chi connectivity index (χ4v) is 2.31. The maximum atomic E-state index is 12.1. The van der Waals surface area contributed by atoms with E-state index in [4.69, 9.17) is 5.73 Å². The highest BCUT2D eigenvalue weighted by Crippen LogP contribution is 2.22. The van der Waals surface area contributed by atoms with Crippen molar-refractivity contribution in [1.82, 2.24) is 15.4 Å². The Morgan fingerprint density at radius 1 is 1.26 bits per heavy atom. The number of aromatic nitrogens is 2. The van der Waals surface area contributed by atoms with Crippen molar-refractivity contribution in [1.29, 1.82) is 0 Å². The molecule has 0 radical (unpaired) electrons. The molecule has 0 bridgehead atoms. The van der Waals surface area contributed by atoms with Gasteiger partial charge in [0.05, 0.1) is 5.56 Å². The molecular formula is C15H19BrN6O. The van der Waals surface area contributed by atoms with Crippen molar-refractivity contribution < 1.29 is 4.79 Å². The number of nitrogens with one attached hydrogen (secondary N) is 3. The first-order valence-electron chi connectivity index (χ1n) is 7.28. The summed E-state index contributed by atoms with van der Waals surface area (Å²) in [4.78, 5) is 20.3. The zero-order valence-corrected chi connectivity index (χ0v) is 14.4. The van der Waals surface area contributed by atoms with Gasteiger partial charge in [-0.05, 0) is 34.5 Å². The number of anilines is 3. The van der Waals surface area contributed by atoms with E-state index in [0.717, 1.165) is 19.4 Å². The van der Waals surface area contributed by atoms with E-state index in [1.54, 1.807) is 18.2 Å². The molecule has 0 spiro atoms. The molecule has 0 aliphatic carbocycles. The van der Waals surface area contributed by atoms with E-state index in [0.29, 0.717) is 27.4 Å². The Kier molecular flexibility index (Phi) is 6.16. The molecule has 0 unspecified atom stereocenters. The number of hydrogen-bond donors (Lipinski definition) is 4. The van der Waals surface area contributed by atoms with Gasteiger partial charge in [0.1, 0.15) is 12.0 Å². The van der Waals surface area contributed by atoms with Gasteiger partial charge < -0.3 is 11.1 Å². The summed E-state index contributed by atoms with van der Waals surface area (Å²) < 4.78 is 0.705. The van der Waals surface area contributed by atoms with Crippen LogP contribution in [0.15, 0.2) is 35.1 Å². The maximum Gasteiger partial charge on any atom is 0.270 e. The molecule has 2 aromatic rings. The predicted molar refractivity (Wildman–Crippen MR) is 95.1 cm³/mol. The zero-order chi connectivity index (χ0) is 16.7. The van der Waals surface area contributed by atoms with Crippen molar-refractivity contribution in [3.8, 4) is 0 Å². The average molecular weight is 379 g/mol. The van der Waals surface area contributed by atoms with E-state index >= 15 is 0 Å². The molecule has 8 heteroatoms. The summed E-state index contributed by atoms with van der Waals surface area (Å²) in [5.74, 6) is 0.599. The minimum Gasteiger partial charge on any atom is -0.393 e. The molecule has 0 atom stereocenters. The number of halogens is 1. The van der Waals surface area contributed by atoms with Crippen molar-refractivity contribution in [2.75, 3.05) is 23.0 Å². The normalized spacial score (nSPS) is 10.2. The number of nitrogens with zero attached hydrogens (tertiary/aromatic N) is 2. The predicted octanol–water partition coefficient (Wildman–Crippen LogP) is 2.79. The van der Waals surface area contributed by atoms with Crippen molar-refractivity contribution in [2.24, 2.45) is 0 Å². The van der Waals surface area contributed by atoms with Gasteiger partial charge in [-0.2, -0.15) is 0 Å². The largest absolute Gasteiger partial charge is 0.393 e. The Labute approximate surface area is 143 Å². The highest BCUT2D eigenvalue weighted by molar-refractivity contribution is 9.10. The van der Waals surface area contributed by atoms with Gasteiger partial charge in [0.15, 0.2) is 11.6 Å². The molecule has 1 aromatic heterocycles. The van der Waals surface area contributed by atoms with Crippen LogP contribution in [0.25, 0.3) is 0 Å². The summed E-state index contributed by atoms with van der Waals surface area (Å²) in [6.45, 7) is 2.88. The van der Waals surface area contributed by atoms with E-state index in [2.05, 4.69) is 49.0 Å². The second-order valence-electron chi connectivity index (χ2n) is 4.82. The monoisotopic (exact) mass is 378 g/mol. The number of carbonyl (C=O) groups excluding carboxylic acids is 1. The molecular weight excluding hydrogens is 360 g/mol. The van der Waals surface area contributed by atoms with Crippen molar-refractivity contribution in [3.63, 3.8) is 0 Å². The Morgan fingerprint density at radius 2 is 2.00 bits per heavy atom. The van der Waals surface area contributed by atoms with Crippen LogP contribution >= 0.6 is 15.9 Å². The number of rotatable bonds is 7. The fourth-order valence-electron chi connectivity index (χ4n) is 1.85. The summed E-state index contributed by atoms with van der Waals surface area (Å²) in [6.07, 6.45) is 3.48. The fraction of sp³-hybridized carbons (Fsp3) is 0.267. The van der Waals surface area contributed by atoms with Crippen LogP contribution in [-0.2, 0) is 0 Å². The molecule has 0 aliphatic heterocycles. The van der Waals surface area contributed by atoms with Crippen LogP contribution in [0.4, 0.5) is 17.3 Å². The molecule has 0 saturated heterocycles. The lowest BCUT2D eigenvalue weighted by atomic mass is 10.2. The van der Waals surface area contributed by atoms with Crippen LogP contribution in [0.1, 0.15) is 30.1 Å². The number of hydrogen-bond acceptors (Lipinski definition) is 6. The Morgan fingerprint density at radius 3 is 2.74 bits per heavy atom. The number of amides is 1. The average Bonchev–Trinajstić information content (AvgIpc) is 2.55. The molecule has 1 aromatic carbocycles. The van der Waals surface area contributed by atoms with Gasteiger partial charge in [0.25, 0.3) is 5.91 Å². The lowest BCUT2D eigenvalue weighted by Crippen LogP contribution is -2.30. The van der Waals surface area contributed by atoms with Crippen LogP contribution in [0.2, 0.25) is 0 Å². The quantitative estimate of drug-likeness (QED) is 0.436. The summed E-state index contributed by atoms with van der Waals surface area (Å²) in [7, 11) is 0. The van der Waals surface area contributed by atoms with E-state index in [9.17, 15) is 4.79 Å². The third-order valence-corrected chi connectivity index (χ3v) is 3.81. The molecule has 5 N–H and O–H groups in total. The number of benzene rings is 1. The van der Waals surface area contributed by atoms with Crippen LogP contribution in [0, 0.1) is 0 Å². The van der Waals surface area contributed by atoms with Gasteiger partial charge in [0.2, 0.25) is 0 Å². The van der Waals surface area contributed by atoms with Gasteiger partial charge in [-0.25, -0.2) is 9.97 Å². The molecule has 0 aliphatic rings. The molecule has 1 heterocycles. The van der Waals surface area contributed by atoms with Crippen molar-refractivity contribution in [2.45, 2.75) is 19.8 Å². The first kappa shape index (κ1) is 17.0. The minimum atomic E-state index is -0.295. The highest BCUT2D eigenvalue weighted by Gasteiger charge is 2.11. The molecule has 23 heavy (non-hydrogen) atoms. The third-order valence-electron chi connectivity index (χ3n) is 3.12. The standard InChI is InChI=1S/C15H19BrN6O/c1-2-3-8-18-13-12(17)14(20-9-19-13)21-22-15(23)10-6-4-5-7-11(10)16/h4-7,9H,2-3,8,17H2,1H3,(H,22,23)(H2,18,19,20,21). The molecule has 7 nitrogen and oxygen atoms in total. The Hall–Kier alpha value is -2.35. The van der Waals surface area contributed by atoms with Crippen LogP contribution in [0.5, 0.6) is 0 Å². The third kappa shape index (κ3) is 4.56. The van der Waals surface area contributed by atoms with E-state index < -0.39 is 0 Å². The summed E-state index contributed by atoms with van der Waals surface area (Å²) >= 11 is 3.34. The minimum absolute atomic E-state index is 0.295. The maximum absolute atomic E-state index is 12.1. The number of nitrogens with two attached hydrogens (primary N) is 1. The Balaban J connectivity index is 2.02. The van der Waals surface area contributed by atoms with E-state index in [1.165, 1.54) is 6.33 Å². The highest BCUT2D eigenvalue weighted by atomic mass is 79.9. The second-order valence-corrected chi connectivity index (χ2v) is 5.68. The lowest BCUT2D eigenvalue weighted by molar-refractivity contribution is 0.0962. The molecule has 2 rings (SSSR count). The smallest absolute Gasteiger partial charge is 0.270 e. The SMILES string of the molecule is CCCCNc1ncnc(NNC(=O)c2ccccc2Br)c1N. The van der Waals surface area contributed by atoms with E-state index in [1.807, 2.05) is 6.07 Å². The molecule has 1 amide bonds. The van der Waals surface area contributed by atoms with Crippen molar-refractivity contribution >= 4 is 39.2 Å². The van der Waals surface area contributed by atoms with Gasteiger partial charge in [-0.1, -0.05) is 25.5 Å². The van der Waals surface area contributed by atoms with Gasteiger partial charge >= 0.3 is 0 Å². The topological polar surface area (TPSA) is 105 Å².